The van der Waals surface area contributed by atoms with Crippen molar-refractivity contribution in [3.8, 4) is 17.4 Å². The zero-order chi connectivity index (χ0) is 11.4. The fourth-order valence-electron chi connectivity index (χ4n) is 1.23. The van der Waals surface area contributed by atoms with Gasteiger partial charge in [-0.3, -0.25) is 4.79 Å². The first-order valence-electron chi connectivity index (χ1n) is 4.69. The van der Waals surface area contributed by atoms with Gasteiger partial charge in [-0.2, -0.15) is 0 Å². The first kappa shape index (κ1) is 10.3. The summed E-state index contributed by atoms with van der Waals surface area (Å²) in [6.07, 6.45) is 0.623. The summed E-state index contributed by atoms with van der Waals surface area (Å²) in [6, 6.07) is 10.2. The van der Waals surface area contributed by atoms with Gasteiger partial charge in [0.1, 0.15) is 11.5 Å². The van der Waals surface area contributed by atoms with Crippen LogP contribution in [0.3, 0.4) is 0 Å². The van der Waals surface area contributed by atoms with Crippen LogP contribution in [-0.2, 0) is 0 Å². The number of methoxy groups -OCH3 is 1. The molecule has 0 unspecified atom stereocenters. The SMILES string of the molecule is COc1cccc(Oc2ccc(C=O)o2)c1. The molecular weight excluding hydrogens is 208 g/mol. The molecule has 0 saturated heterocycles. The van der Waals surface area contributed by atoms with Gasteiger partial charge in [0.15, 0.2) is 12.0 Å². The van der Waals surface area contributed by atoms with Crippen LogP contribution < -0.4 is 9.47 Å². The quantitative estimate of drug-likeness (QED) is 0.740. The van der Waals surface area contributed by atoms with E-state index in [2.05, 4.69) is 0 Å². The number of rotatable bonds is 4. The lowest BCUT2D eigenvalue weighted by atomic mass is 10.3. The average molecular weight is 218 g/mol. The van der Waals surface area contributed by atoms with E-state index in [-0.39, 0.29) is 11.7 Å². The normalized spacial score (nSPS) is 9.81. The second kappa shape index (κ2) is 4.53. The predicted octanol–water partition coefficient (Wildman–Crippen LogP) is 2.89. The molecule has 0 fully saturated rings. The molecule has 0 amide bonds. The molecule has 1 aromatic carbocycles. The molecule has 0 spiro atoms. The minimum atomic E-state index is 0.234. The van der Waals surface area contributed by atoms with Crippen molar-refractivity contribution >= 4 is 6.29 Å². The van der Waals surface area contributed by atoms with E-state index in [1.54, 1.807) is 37.4 Å². The maximum absolute atomic E-state index is 10.4. The Balaban J connectivity index is 2.16. The van der Waals surface area contributed by atoms with Crippen LogP contribution in [-0.4, -0.2) is 13.4 Å². The summed E-state index contributed by atoms with van der Waals surface area (Å²) < 4.78 is 15.5. The van der Waals surface area contributed by atoms with Gasteiger partial charge in [-0.05, 0) is 18.2 Å². The first-order chi connectivity index (χ1) is 7.81. The Morgan fingerprint density at radius 2 is 2.00 bits per heavy atom. The number of hydrogen-bond acceptors (Lipinski definition) is 4. The monoisotopic (exact) mass is 218 g/mol. The van der Waals surface area contributed by atoms with Crippen LogP contribution in [0.2, 0.25) is 0 Å². The number of benzene rings is 1. The van der Waals surface area contributed by atoms with Crippen LogP contribution >= 0.6 is 0 Å². The van der Waals surface area contributed by atoms with Gasteiger partial charge in [-0.1, -0.05) is 6.07 Å². The third-order valence-electron chi connectivity index (χ3n) is 1.98. The lowest BCUT2D eigenvalue weighted by Gasteiger charge is -2.03. The van der Waals surface area contributed by atoms with E-state index in [4.69, 9.17) is 13.9 Å². The average Bonchev–Trinajstić information content (AvgIpc) is 2.77. The van der Waals surface area contributed by atoms with E-state index in [0.29, 0.717) is 17.8 Å². The van der Waals surface area contributed by atoms with E-state index in [1.165, 1.54) is 0 Å². The Morgan fingerprint density at radius 3 is 2.69 bits per heavy atom. The summed E-state index contributed by atoms with van der Waals surface area (Å²) in [5.74, 6) is 1.79. The van der Waals surface area contributed by atoms with Crippen LogP contribution in [0, 0.1) is 0 Å². The molecule has 4 heteroatoms. The van der Waals surface area contributed by atoms with Gasteiger partial charge in [-0.25, -0.2) is 0 Å². The summed E-state index contributed by atoms with van der Waals surface area (Å²) in [6.45, 7) is 0. The van der Waals surface area contributed by atoms with Crippen LogP contribution in [0.25, 0.3) is 0 Å². The summed E-state index contributed by atoms with van der Waals surface area (Å²) in [5.41, 5.74) is 0. The van der Waals surface area contributed by atoms with Gasteiger partial charge in [0.25, 0.3) is 5.95 Å². The Bertz CT molecular complexity index is 487. The number of furan rings is 1. The van der Waals surface area contributed by atoms with E-state index in [9.17, 15) is 4.79 Å². The number of ether oxygens (including phenoxy) is 2. The topological polar surface area (TPSA) is 48.7 Å². The fourth-order valence-corrected chi connectivity index (χ4v) is 1.23. The largest absolute Gasteiger partial charge is 0.497 e. The maximum atomic E-state index is 10.4. The summed E-state index contributed by atoms with van der Waals surface area (Å²) >= 11 is 0. The highest BCUT2D eigenvalue weighted by Crippen LogP contribution is 2.26. The van der Waals surface area contributed by atoms with E-state index >= 15 is 0 Å². The van der Waals surface area contributed by atoms with Gasteiger partial charge in [-0.15, -0.1) is 0 Å². The zero-order valence-electron chi connectivity index (χ0n) is 8.67. The number of carbonyl (C=O) groups is 1. The molecule has 0 bridgehead atoms. The standard InChI is InChI=1S/C12H10O4/c1-14-9-3-2-4-10(7-9)15-12-6-5-11(8-13)16-12/h2-8H,1H3. The second-order valence-corrected chi connectivity index (χ2v) is 3.06. The Hall–Kier alpha value is -2.23. The third-order valence-corrected chi connectivity index (χ3v) is 1.98. The molecular formula is C12H10O4. The van der Waals surface area contributed by atoms with Crippen molar-refractivity contribution in [3.63, 3.8) is 0 Å². The van der Waals surface area contributed by atoms with Crippen molar-refractivity contribution in [1.29, 1.82) is 0 Å². The fraction of sp³-hybridized carbons (Fsp3) is 0.0833. The Kier molecular flexibility index (Phi) is 2.91. The predicted molar refractivity (Wildman–Crippen MR) is 57.2 cm³/mol. The Labute approximate surface area is 92.4 Å². The molecule has 16 heavy (non-hydrogen) atoms. The molecule has 0 N–H and O–H groups in total. The molecule has 1 aromatic heterocycles. The summed E-state index contributed by atoms with van der Waals surface area (Å²) in [5, 5.41) is 0. The minimum absolute atomic E-state index is 0.234. The van der Waals surface area contributed by atoms with Gasteiger partial charge < -0.3 is 13.9 Å². The molecule has 2 rings (SSSR count). The number of aldehydes is 1. The molecule has 2 aromatic rings. The van der Waals surface area contributed by atoms with Gasteiger partial charge in [0.05, 0.1) is 7.11 Å². The molecule has 0 atom stereocenters. The highest BCUT2D eigenvalue weighted by Gasteiger charge is 2.04. The summed E-state index contributed by atoms with van der Waals surface area (Å²) in [4.78, 5) is 10.4. The third kappa shape index (κ3) is 2.23. The van der Waals surface area contributed by atoms with Crippen LogP contribution in [0.1, 0.15) is 10.6 Å². The molecule has 4 nitrogen and oxygen atoms in total. The highest BCUT2D eigenvalue weighted by atomic mass is 16.6. The van der Waals surface area contributed by atoms with Gasteiger partial charge in [0.2, 0.25) is 0 Å². The molecule has 0 aliphatic heterocycles. The first-order valence-corrected chi connectivity index (χ1v) is 4.69. The molecule has 1 heterocycles. The lowest BCUT2D eigenvalue weighted by molar-refractivity contribution is 0.109. The Morgan fingerprint density at radius 1 is 1.19 bits per heavy atom. The van der Waals surface area contributed by atoms with E-state index in [1.807, 2.05) is 6.07 Å². The lowest BCUT2D eigenvalue weighted by Crippen LogP contribution is -1.85. The number of hydrogen-bond donors (Lipinski definition) is 0. The molecule has 0 radical (unpaired) electrons. The number of carbonyl (C=O) groups excluding carboxylic acids is 1. The van der Waals surface area contributed by atoms with Crippen LogP contribution in [0.5, 0.6) is 17.4 Å². The summed E-state index contributed by atoms with van der Waals surface area (Å²) in [7, 11) is 1.58. The maximum Gasteiger partial charge on any atom is 0.290 e. The van der Waals surface area contributed by atoms with Crippen molar-refractivity contribution in [3.05, 3.63) is 42.2 Å². The van der Waals surface area contributed by atoms with E-state index < -0.39 is 0 Å². The zero-order valence-corrected chi connectivity index (χ0v) is 8.67. The van der Waals surface area contributed by atoms with Crippen molar-refractivity contribution in [1.82, 2.24) is 0 Å². The van der Waals surface area contributed by atoms with Gasteiger partial charge in [0, 0.05) is 12.1 Å². The second-order valence-electron chi connectivity index (χ2n) is 3.06. The molecule has 82 valence electrons. The highest BCUT2D eigenvalue weighted by molar-refractivity contribution is 5.70. The van der Waals surface area contributed by atoms with Crippen LogP contribution in [0.4, 0.5) is 0 Å². The van der Waals surface area contributed by atoms with Crippen molar-refractivity contribution in [2.24, 2.45) is 0 Å². The molecule has 0 saturated carbocycles. The smallest absolute Gasteiger partial charge is 0.290 e. The molecule has 0 aliphatic carbocycles. The van der Waals surface area contributed by atoms with Crippen molar-refractivity contribution in [2.45, 2.75) is 0 Å². The molecule has 0 aliphatic rings. The van der Waals surface area contributed by atoms with Gasteiger partial charge >= 0.3 is 0 Å². The van der Waals surface area contributed by atoms with E-state index in [0.717, 1.165) is 0 Å². The van der Waals surface area contributed by atoms with Crippen molar-refractivity contribution in [2.75, 3.05) is 7.11 Å². The van der Waals surface area contributed by atoms with Crippen molar-refractivity contribution < 1.29 is 18.7 Å². The minimum Gasteiger partial charge on any atom is -0.497 e. The van der Waals surface area contributed by atoms with Crippen LogP contribution in [0.15, 0.2) is 40.8 Å².